The molecule has 2 aromatic rings. The number of nitrogens with one attached hydrogen (secondary N) is 1. The summed E-state index contributed by atoms with van der Waals surface area (Å²) in [4.78, 5) is 37.5. The third-order valence-corrected chi connectivity index (χ3v) is 4.12. The van der Waals surface area contributed by atoms with Crippen molar-refractivity contribution in [2.75, 3.05) is 4.90 Å². The Morgan fingerprint density at radius 2 is 1.96 bits per heavy atom. The van der Waals surface area contributed by atoms with E-state index < -0.39 is 17.8 Å². The van der Waals surface area contributed by atoms with Crippen molar-refractivity contribution < 1.29 is 18.8 Å². The van der Waals surface area contributed by atoms with Crippen molar-refractivity contribution >= 4 is 68.1 Å². The summed E-state index contributed by atoms with van der Waals surface area (Å²) < 4.78 is 6.67. The average molecular weight is 487 g/mol. The zero-order chi connectivity index (χ0) is 16.6. The lowest BCUT2D eigenvalue weighted by molar-refractivity contribution is -0.122. The minimum Gasteiger partial charge on any atom is -0.451 e. The Labute approximate surface area is 152 Å². The van der Waals surface area contributed by atoms with Crippen LogP contribution in [0.1, 0.15) is 5.76 Å². The maximum absolute atomic E-state index is 12.6. The second-order valence-electron chi connectivity index (χ2n) is 4.58. The molecule has 1 aliphatic rings. The number of benzene rings is 1. The number of halogens is 2. The van der Waals surface area contributed by atoms with Gasteiger partial charge in [-0.15, -0.1) is 0 Å². The number of barbiturate groups is 1. The molecule has 1 aromatic heterocycles. The number of hydrogen-bond donors (Lipinski definition) is 1. The third-order valence-electron chi connectivity index (χ3n) is 3.05. The Morgan fingerprint density at radius 1 is 1.17 bits per heavy atom. The van der Waals surface area contributed by atoms with Gasteiger partial charge in [-0.2, -0.15) is 0 Å². The van der Waals surface area contributed by atoms with Crippen molar-refractivity contribution in [3.8, 4) is 0 Å². The highest BCUT2D eigenvalue weighted by molar-refractivity contribution is 14.1. The van der Waals surface area contributed by atoms with E-state index in [1.165, 1.54) is 6.08 Å². The summed E-state index contributed by atoms with van der Waals surface area (Å²) in [6.45, 7) is 0. The van der Waals surface area contributed by atoms with Gasteiger partial charge in [-0.1, -0.05) is 22.0 Å². The van der Waals surface area contributed by atoms with E-state index in [1.807, 2.05) is 22.6 Å². The molecule has 8 heteroatoms. The first-order valence-electron chi connectivity index (χ1n) is 6.38. The van der Waals surface area contributed by atoms with E-state index in [1.54, 1.807) is 36.4 Å². The molecule has 0 bridgehead atoms. The number of anilines is 1. The molecule has 0 aliphatic carbocycles. The fraction of sp³-hybridized carbons (Fsp3) is 0. The maximum atomic E-state index is 12.6. The summed E-state index contributed by atoms with van der Waals surface area (Å²) in [6, 6.07) is 9.22. The highest BCUT2D eigenvalue weighted by atomic mass is 127. The van der Waals surface area contributed by atoms with E-state index in [4.69, 9.17) is 4.42 Å². The van der Waals surface area contributed by atoms with Crippen molar-refractivity contribution in [1.29, 1.82) is 0 Å². The van der Waals surface area contributed by atoms with E-state index in [-0.39, 0.29) is 5.57 Å². The molecule has 2 heterocycles. The first-order valence-corrected chi connectivity index (χ1v) is 8.25. The van der Waals surface area contributed by atoms with Crippen LogP contribution < -0.4 is 10.2 Å². The number of rotatable bonds is 2. The molecule has 1 aliphatic heterocycles. The van der Waals surface area contributed by atoms with Gasteiger partial charge in [0, 0.05) is 4.47 Å². The maximum Gasteiger partial charge on any atom is 0.335 e. The van der Waals surface area contributed by atoms with Crippen LogP contribution in [0.5, 0.6) is 0 Å². The molecular weight excluding hydrogens is 479 g/mol. The molecular formula is C15H8BrIN2O4. The Balaban J connectivity index is 2.02. The van der Waals surface area contributed by atoms with E-state index in [2.05, 4.69) is 21.2 Å². The molecule has 116 valence electrons. The van der Waals surface area contributed by atoms with E-state index >= 15 is 0 Å². The number of amides is 4. The van der Waals surface area contributed by atoms with Crippen molar-refractivity contribution in [3.63, 3.8) is 0 Å². The lowest BCUT2D eigenvalue weighted by Crippen LogP contribution is -2.54. The summed E-state index contributed by atoms with van der Waals surface area (Å²) in [5.74, 6) is -1.10. The average Bonchev–Trinajstić information content (AvgIpc) is 2.89. The molecule has 6 nitrogen and oxygen atoms in total. The largest absolute Gasteiger partial charge is 0.451 e. The van der Waals surface area contributed by atoms with Crippen LogP contribution in [0.4, 0.5) is 10.5 Å². The topological polar surface area (TPSA) is 79.6 Å². The monoisotopic (exact) mass is 486 g/mol. The fourth-order valence-electron chi connectivity index (χ4n) is 2.06. The summed E-state index contributed by atoms with van der Waals surface area (Å²) in [7, 11) is 0. The summed E-state index contributed by atoms with van der Waals surface area (Å²) in [5.41, 5.74) is 0.185. The van der Waals surface area contributed by atoms with E-state index in [0.29, 0.717) is 19.7 Å². The summed E-state index contributed by atoms with van der Waals surface area (Å²) in [6.07, 6.45) is 1.32. The predicted molar refractivity (Wildman–Crippen MR) is 94.6 cm³/mol. The SMILES string of the molecule is O=C1NC(=O)N(c2cccc(Br)c2)C(=O)/C1=C\c1ccc(I)o1. The third kappa shape index (κ3) is 3.22. The van der Waals surface area contributed by atoms with Gasteiger partial charge < -0.3 is 4.42 Å². The van der Waals surface area contributed by atoms with Gasteiger partial charge in [0.05, 0.1) is 5.69 Å². The Hall–Kier alpha value is -1.94. The highest BCUT2D eigenvalue weighted by Crippen LogP contribution is 2.25. The van der Waals surface area contributed by atoms with Gasteiger partial charge in [0.15, 0.2) is 3.77 Å². The van der Waals surface area contributed by atoms with Crippen LogP contribution in [-0.4, -0.2) is 17.8 Å². The molecule has 1 fully saturated rings. The molecule has 0 spiro atoms. The van der Waals surface area contributed by atoms with Crippen LogP contribution >= 0.6 is 38.5 Å². The first-order chi connectivity index (χ1) is 11.0. The predicted octanol–water partition coefficient (Wildman–Crippen LogP) is 3.31. The van der Waals surface area contributed by atoms with Crippen LogP contribution in [0.2, 0.25) is 0 Å². The van der Waals surface area contributed by atoms with Gasteiger partial charge in [-0.25, -0.2) is 9.69 Å². The minimum atomic E-state index is -0.788. The number of hydrogen-bond acceptors (Lipinski definition) is 4. The number of imide groups is 2. The molecule has 23 heavy (non-hydrogen) atoms. The van der Waals surface area contributed by atoms with Gasteiger partial charge in [0.25, 0.3) is 11.8 Å². The lowest BCUT2D eigenvalue weighted by atomic mass is 10.1. The van der Waals surface area contributed by atoms with Gasteiger partial charge in [0.2, 0.25) is 0 Å². The Kier molecular flexibility index (Phi) is 4.35. The molecule has 0 atom stereocenters. The summed E-state index contributed by atoms with van der Waals surface area (Å²) in [5, 5.41) is 2.15. The second kappa shape index (κ2) is 6.28. The highest BCUT2D eigenvalue weighted by Gasteiger charge is 2.37. The van der Waals surface area contributed by atoms with Gasteiger partial charge in [-0.3, -0.25) is 14.9 Å². The number of carbonyl (C=O) groups excluding carboxylic acids is 3. The number of nitrogens with zero attached hydrogens (tertiary/aromatic N) is 1. The van der Waals surface area contributed by atoms with E-state index in [0.717, 1.165) is 4.90 Å². The molecule has 1 N–H and O–H groups in total. The van der Waals surface area contributed by atoms with Crippen LogP contribution in [0, 0.1) is 3.77 Å². The zero-order valence-electron chi connectivity index (χ0n) is 11.4. The molecule has 0 saturated carbocycles. The van der Waals surface area contributed by atoms with Crippen molar-refractivity contribution in [2.45, 2.75) is 0 Å². The second-order valence-corrected chi connectivity index (χ2v) is 6.56. The van der Waals surface area contributed by atoms with Gasteiger partial charge in [-0.05, 0) is 59.0 Å². The van der Waals surface area contributed by atoms with Crippen LogP contribution in [0.15, 0.2) is 50.9 Å². The van der Waals surface area contributed by atoms with Crippen molar-refractivity contribution in [2.24, 2.45) is 0 Å². The number of carbonyl (C=O) groups is 3. The van der Waals surface area contributed by atoms with Gasteiger partial charge >= 0.3 is 6.03 Å². The van der Waals surface area contributed by atoms with Gasteiger partial charge in [0.1, 0.15) is 11.3 Å². The Bertz CT molecular complexity index is 859. The minimum absolute atomic E-state index is 0.171. The van der Waals surface area contributed by atoms with Crippen LogP contribution in [0.3, 0.4) is 0 Å². The zero-order valence-corrected chi connectivity index (χ0v) is 15.1. The summed E-state index contributed by atoms with van der Waals surface area (Å²) >= 11 is 5.26. The number of furan rings is 1. The smallest absolute Gasteiger partial charge is 0.335 e. The Morgan fingerprint density at radius 3 is 2.61 bits per heavy atom. The number of urea groups is 1. The molecule has 0 radical (unpaired) electrons. The molecule has 4 amide bonds. The van der Waals surface area contributed by atoms with Crippen LogP contribution in [-0.2, 0) is 9.59 Å². The van der Waals surface area contributed by atoms with Crippen molar-refractivity contribution in [1.82, 2.24) is 5.32 Å². The van der Waals surface area contributed by atoms with Crippen molar-refractivity contribution in [3.05, 3.63) is 56.0 Å². The standard InChI is InChI=1S/C15H8BrIN2O4/c16-8-2-1-3-9(6-8)19-14(21)11(13(20)18-15(19)22)7-10-4-5-12(17)23-10/h1-7H,(H,18,20,22)/b11-7-. The fourth-order valence-corrected chi connectivity index (χ4v) is 2.88. The molecule has 3 rings (SSSR count). The van der Waals surface area contributed by atoms with Crippen LogP contribution in [0.25, 0.3) is 6.08 Å². The molecule has 1 saturated heterocycles. The molecule has 1 aromatic carbocycles. The first kappa shape index (κ1) is 15.9. The normalized spacial score (nSPS) is 16.9. The van der Waals surface area contributed by atoms with E-state index in [9.17, 15) is 14.4 Å². The molecule has 0 unspecified atom stereocenters. The lowest BCUT2D eigenvalue weighted by Gasteiger charge is -2.26. The quantitative estimate of drug-likeness (QED) is 0.401.